The topological polar surface area (TPSA) is 111 Å². The second-order valence-corrected chi connectivity index (χ2v) is 8.54. The number of nitriles is 1. The highest BCUT2D eigenvalue weighted by molar-refractivity contribution is 5.94. The van der Waals surface area contributed by atoms with Gasteiger partial charge in [0, 0.05) is 38.3 Å². The van der Waals surface area contributed by atoms with Crippen molar-refractivity contribution < 1.29 is 28.0 Å². The van der Waals surface area contributed by atoms with Crippen molar-refractivity contribution in [2.75, 3.05) is 6.54 Å². The number of hydrogen-bond acceptors (Lipinski definition) is 5. The molecule has 168 valence electrons. The van der Waals surface area contributed by atoms with Crippen molar-refractivity contribution in [3.63, 3.8) is 0 Å². The van der Waals surface area contributed by atoms with Crippen molar-refractivity contribution in [2.45, 2.75) is 56.8 Å². The van der Waals surface area contributed by atoms with Gasteiger partial charge in [0.2, 0.25) is 17.7 Å². The molecular weight excluding hydrogens is 422 g/mol. The summed E-state index contributed by atoms with van der Waals surface area (Å²) in [7, 11) is 0. The Morgan fingerprint density at radius 1 is 1.31 bits per heavy atom. The van der Waals surface area contributed by atoms with Crippen molar-refractivity contribution in [1.29, 1.82) is 5.26 Å². The van der Waals surface area contributed by atoms with Gasteiger partial charge in [0.1, 0.15) is 18.4 Å². The van der Waals surface area contributed by atoms with Crippen LogP contribution in [-0.4, -0.2) is 58.4 Å². The minimum atomic E-state index is -3.14. The molecule has 3 aliphatic heterocycles. The predicted octanol–water partition coefficient (Wildman–Crippen LogP) is 0.925. The lowest BCUT2D eigenvalue weighted by Crippen LogP contribution is -2.46. The monoisotopic (exact) mass is 444 g/mol. The molecule has 3 atom stereocenters. The van der Waals surface area contributed by atoms with Gasteiger partial charge < -0.3 is 19.9 Å². The van der Waals surface area contributed by atoms with Gasteiger partial charge in [-0.2, -0.15) is 5.26 Å². The summed E-state index contributed by atoms with van der Waals surface area (Å²) in [4.78, 5) is 51.2. The number of carbonyl (C=O) groups excluding carboxylic acids is 4. The number of halogens is 2. The van der Waals surface area contributed by atoms with Gasteiger partial charge >= 0.3 is 0 Å². The fourth-order valence-corrected chi connectivity index (χ4v) is 4.73. The molecule has 0 saturated carbocycles. The first kappa shape index (κ1) is 21.9. The third kappa shape index (κ3) is 4.07. The normalized spacial score (nSPS) is 25.9. The second kappa shape index (κ2) is 8.30. The van der Waals surface area contributed by atoms with E-state index in [2.05, 4.69) is 5.32 Å². The Labute approximate surface area is 183 Å². The van der Waals surface area contributed by atoms with E-state index in [0.29, 0.717) is 13.1 Å². The molecule has 3 aliphatic rings. The van der Waals surface area contributed by atoms with E-state index >= 15 is 0 Å². The number of benzene rings is 1. The number of hydrogen-bond donors (Lipinski definition) is 1. The molecule has 0 aliphatic carbocycles. The Bertz CT molecular complexity index is 1020. The van der Waals surface area contributed by atoms with Crippen molar-refractivity contribution in [3.8, 4) is 6.07 Å². The van der Waals surface area contributed by atoms with E-state index in [0.717, 1.165) is 27.9 Å². The molecule has 8 nitrogen and oxygen atoms in total. The Balaban J connectivity index is 1.38. The average molecular weight is 444 g/mol. The van der Waals surface area contributed by atoms with Crippen molar-refractivity contribution in [1.82, 2.24) is 15.1 Å². The van der Waals surface area contributed by atoms with E-state index in [9.17, 15) is 28.0 Å². The number of fused-ring (bicyclic) bond motifs is 1. The zero-order valence-electron chi connectivity index (χ0n) is 17.2. The minimum absolute atomic E-state index is 0.0147. The fraction of sp³-hybridized carbons (Fsp3) is 0.500. The molecule has 1 aromatic carbocycles. The van der Waals surface area contributed by atoms with E-state index in [-0.39, 0.29) is 25.2 Å². The summed E-state index contributed by atoms with van der Waals surface area (Å²) in [6.07, 6.45) is 0.261. The summed E-state index contributed by atoms with van der Waals surface area (Å²) < 4.78 is 27.3. The number of nitrogens with one attached hydrogen (secondary N) is 1. The van der Waals surface area contributed by atoms with Crippen LogP contribution in [-0.2, 0) is 38.7 Å². The van der Waals surface area contributed by atoms with Gasteiger partial charge in [-0.15, -0.1) is 0 Å². The molecule has 0 aromatic heterocycles. The van der Waals surface area contributed by atoms with Gasteiger partial charge in [-0.1, -0.05) is 18.2 Å². The van der Waals surface area contributed by atoms with Crippen LogP contribution in [0, 0.1) is 17.2 Å². The van der Waals surface area contributed by atoms with Gasteiger partial charge in [-0.3, -0.25) is 14.4 Å². The number of aldehydes is 1. The third-order valence-electron chi connectivity index (χ3n) is 6.36. The van der Waals surface area contributed by atoms with Gasteiger partial charge in [0.25, 0.3) is 5.92 Å². The lowest BCUT2D eigenvalue weighted by atomic mass is 9.99. The highest BCUT2D eigenvalue weighted by Gasteiger charge is 2.50. The van der Waals surface area contributed by atoms with Crippen molar-refractivity contribution >= 4 is 24.0 Å². The standard InChI is InChI=1S/C22H22F2N4O4/c23-22(24)8-16(9-25)28(12-22)21(32)18-6-15(20(31)26-18)7-19(30)27-10-14-3-1-2-13(4-5-29)17(14)11-27/h1-3,5,15-16,18H,4,6-8,10-12H2,(H,26,31)/t15-,16-,18-/m0/s1. The number of likely N-dealkylation sites (tertiary alicyclic amines) is 1. The van der Waals surface area contributed by atoms with E-state index in [1.54, 1.807) is 11.0 Å². The molecule has 32 heavy (non-hydrogen) atoms. The molecule has 2 saturated heterocycles. The molecule has 4 rings (SSSR count). The van der Waals surface area contributed by atoms with Gasteiger partial charge in [-0.05, 0) is 23.1 Å². The number of alkyl halides is 2. The molecule has 0 unspecified atom stereocenters. The lowest BCUT2D eigenvalue weighted by molar-refractivity contribution is -0.135. The number of carbonyl (C=O) groups is 4. The molecule has 1 N–H and O–H groups in total. The van der Waals surface area contributed by atoms with E-state index in [4.69, 9.17) is 5.26 Å². The maximum absolute atomic E-state index is 13.7. The fourth-order valence-electron chi connectivity index (χ4n) is 4.73. The van der Waals surface area contributed by atoms with Gasteiger partial charge in [0.05, 0.1) is 12.6 Å². The van der Waals surface area contributed by atoms with E-state index < -0.39 is 48.7 Å². The number of amides is 3. The lowest BCUT2D eigenvalue weighted by Gasteiger charge is -2.22. The van der Waals surface area contributed by atoms with E-state index in [1.807, 2.05) is 18.2 Å². The molecule has 10 heteroatoms. The molecule has 3 heterocycles. The Hall–Kier alpha value is -3.35. The molecule has 0 radical (unpaired) electrons. The zero-order chi connectivity index (χ0) is 23.0. The molecule has 0 spiro atoms. The quantitative estimate of drug-likeness (QED) is 0.680. The maximum atomic E-state index is 13.7. The van der Waals surface area contributed by atoms with Crippen LogP contribution in [0.4, 0.5) is 8.78 Å². The van der Waals surface area contributed by atoms with Crippen LogP contribution < -0.4 is 5.32 Å². The first-order valence-electron chi connectivity index (χ1n) is 10.4. The molecular formula is C22H22F2N4O4. The predicted molar refractivity (Wildman–Crippen MR) is 106 cm³/mol. The number of rotatable bonds is 5. The molecule has 1 aromatic rings. The van der Waals surface area contributed by atoms with Crippen molar-refractivity contribution in [3.05, 3.63) is 34.9 Å². The summed E-state index contributed by atoms with van der Waals surface area (Å²) in [5.41, 5.74) is 2.76. The smallest absolute Gasteiger partial charge is 0.268 e. The van der Waals surface area contributed by atoms with Crippen molar-refractivity contribution in [2.24, 2.45) is 5.92 Å². The van der Waals surface area contributed by atoms with Crippen LogP contribution in [0.15, 0.2) is 18.2 Å². The SMILES string of the molecule is N#C[C@@H]1CC(F)(F)CN1C(=O)[C@@H]1C[C@@H](CC(=O)N2Cc3cccc(CC=O)c3C2)C(=O)N1. The zero-order valence-corrected chi connectivity index (χ0v) is 17.2. The summed E-state index contributed by atoms with van der Waals surface area (Å²) in [5, 5.41) is 11.6. The Morgan fingerprint density at radius 3 is 2.81 bits per heavy atom. The van der Waals surface area contributed by atoms with Gasteiger partial charge in [0.15, 0.2) is 0 Å². The molecule has 3 amide bonds. The first-order chi connectivity index (χ1) is 15.2. The Kier molecular flexibility index (Phi) is 5.67. The summed E-state index contributed by atoms with van der Waals surface area (Å²) in [6, 6.07) is 5.03. The van der Waals surface area contributed by atoms with Crippen LogP contribution in [0.25, 0.3) is 0 Å². The summed E-state index contributed by atoms with van der Waals surface area (Å²) >= 11 is 0. The summed E-state index contributed by atoms with van der Waals surface area (Å²) in [6.45, 7) is -0.124. The largest absolute Gasteiger partial charge is 0.344 e. The third-order valence-corrected chi connectivity index (χ3v) is 6.36. The van der Waals surface area contributed by atoms with E-state index in [1.165, 1.54) is 0 Å². The number of nitrogens with zero attached hydrogens (tertiary/aromatic N) is 3. The van der Waals surface area contributed by atoms with Gasteiger partial charge in [-0.25, -0.2) is 8.78 Å². The van der Waals surface area contributed by atoms with Crippen LogP contribution in [0.1, 0.15) is 36.0 Å². The highest BCUT2D eigenvalue weighted by atomic mass is 19.3. The average Bonchev–Trinajstić information content (AvgIpc) is 3.43. The maximum Gasteiger partial charge on any atom is 0.268 e. The highest BCUT2D eigenvalue weighted by Crippen LogP contribution is 2.34. The summed E-state index contributed by atoms with van der Waals surface area (Å²) in [5.74, 6) is -5.34. The van der Waals surface area contributed by atoms with Crippen LogP contribution in [0.2, 0.25) is 0 Å². The first-order valence-corrected chi connectivity index (χ1v) is 10.4. The second-order valence-electron chi connectivity index (χ2n) is 8.54. The minimum Gasteiger partial charge on any atom is -0.344 e. The Morgan fingerprint density at radius 2 is 2.09 bits per heavy atom. The molecule has 2 fully saturated rings. The molecule has 0 bridgehead atoms. The van der Waals surface area contributed by atoms with Crippen LogP contribution >= 0.6 is 0 Å². The van der Waals surface area contributed by atoms with Crippen LogP contribution in [0.3, 0.4) is 0 Å². The van der Waals surface area contributed by atoms with Crippen LogP contribution in [0.5, 0.6) is 0 Å².